The highest BCUT2D eigenvalue weighted by atomic mass is 79.9. The normalized spacial score (nSPS) is 10.4. The Hall–Kier alpha value is -1.20. The van der Waals surface area contributed by atoms with E-state index in [-0.39, 0.29) is 5.69 Å². The van der Waals surface area contributed by atoms with Crippen molar-refractivity contribution in [2.24, 2.45) is 0 Å². The standard InChI is InChI=1S/C13H11BrFNOS/c1-18-13-5-3-2-4-11(13)17-12-6-8(14)9(15)7-10(12)16/h2-7H,16H2,1H3. The van der Waals surface area contributed by atoms with Crippen LogP contribution in [0.3, 0.4) is 0 Å². The molecule has 94 valence electrons. The Labute approximate surface area is 117 Å². The van der Waals surface area contributed by atoms with Crippen molar-refractivity contribution < 1.29 is 9.13 Å². The third-order valence-electron chi connectivity index (χ3n) is 2.34. The lowest BCUT2D eigenvalue weighted by Gasteiger charge is -2.12. The minimum Gasteiger partial charge on any atom is -0.454 e. The fraction of sp³-hybridized carbons (Fsp3) is 0.0769. The first-order valence-corrected chi connectivity index (χ1v) is 7.19. The van der Waals surface area contributed by atoms with E-state index in [1.807, 2.05) is 30.5 Å². The summed E-state index contributed by atoms with van der Waals surface area (Å²) in [7, 11) is 0. The summed E-state index contributed by atoms with van der Waals surface area (Å²) in [6, 6.07) is 10.4. The second-order valence-corrected chi connectivity index (χ2v) is 5.26. The van der Waals surface area contributed by atoms with Gasteiger partial charge in [-0.05, 0) is 34.3 Å². The molecular formula is C13H11BrFNOS. The number of hydrogen-bond donors (Lipinski definition) is 1. The number of rotatable bonds is 3. The van der Waals surface area contributed by atoms with Gasteiger partial charge < -0.3 is 10.5 Å². The lowest BCUT2D eigenvalue weighted by atomic mass is 10.3. The van der Waals surface area contributed by atoms with Crippen LogP contribution in [0.1, 0.15) is 0 Å². The summed E-state index contributed by atoms with van der Waals surface area (Å²) in [6.45, 7) is 0. The van der Waals surface area contributed by atoms with E-state index in [1.54, 1.807) is 11.8 Å². The maximum absolute atomic E-state index is 13.3. The zero-order valence-electron chi connectivity index (χ0n) is 9.61. The minimum atomic E-state index is -0.405. The zero-order chi connectivity index (χ0) is 13.1. The van der Waals surface area contributed by atoms with Crippen LogP contribution in [0.5, 0.6) is 11.5 Å². The Bertz CT molecular complexity index is 577. The predicted molar refractivity (Wildman–Crippen MR) is 76.8 cm³/mol. The molecule has 2 rings (SSSR count). The fourth-order valence-corrected chi connectivity index (χ4v) is 2.30. The molecule has 0 heterocycles. The molecule has 2 nitrogen and oxygen atoms in total. The summed E-state index contributed by atoms with van der Waals surface area (Å²) in [6.07, 6.45) is 1.96. The molecule has 0 aliphatic heterocycles. The highest BCUT2D eigenvalue weighted by Crippen LogP contribution is 2.36. The van der Waals surface area contributed by atoms with Crippen LogP contribution in [-0.2, 0) is 0 Å². The van der Waals surface area contributed by atoms with Crippen LogP contribution in [-0.4, -0.2) is 6.26 Å². The maximum Gasteiger partial charge on any atom is 0.151 e. The van der Waals surface area contributed by atoms with Crippen molar-refractivity contribution in [2.45, 2.75) is 4.90 Å². The van der Waals surface area contributed by atoms with E-state index in [4.69, 9.17) is 10.5 Å². The number of anilines is 1. The van der Waals surface area contributed by atoms with Crippen molar-refractivity contribution in [3.8, 4) is 11.5 Å². The molecule has 0 radical (unpaired) electrons. The number of ether oxygens (including phenoxy) is 1. The summed E-state index contributed by atoms with van der Waals surface area (Å²) in [5.41, 5.74) is 6.01. The number of benzene rings is 2. The van der Waals surface area contributed by atoms with E-state index in [1.165, 1.54) is 12.1 Å². The van der Waals surface area contributed by atoms with Gasteiger partial charge in [0.25, 0.3) is 0 Å². The van der Waals surface area contributed by atoms with E-state index in [0.717, 1.165) is 4.90 Å². The number of para-hydroxylation sites is 1. The van der Waals surface area contributed by atoms with E-state index in [0.29, 0.717) is 16.0 Å². The van der Waals surface area contributed by atoms with Gasteiger partial charge in [0.1, 0.15) is 11.6 Å². The monoisotopic (exact) mass is 327 g/mol. The van der Waals surface area contributed by atoms with E-state index >= 15 is 0 Å². The van der Waals surface area contributed by atoms with Crippen LogP contribution < -0.4 is 10.5 Å². The van der Waals surface area contributed by atoms with Crippen molar-refractivity contribution in [3.05, 3.63) is 46.7 Å². The van der Waals surface area contributed by atoms with E-state index in [2.05, 4.69) is 15.9 Å². The maximum atomic E-state index is 13.3. The smallest absolute Gasteiger partial charge is 0.151 e. The molecule has 0 aliphatic rings. The van der Waals surface area contributed by atoms with Gasteiger partial charge in [0.15, 0.2) is 5.75 Å². The molecule has 18 heavy (non-hydrogen) atoms. The highest BCUT2D eigenvalue weighted by molar-refractivity contribution is 9.10. The molecule has 0 unspecified atom stereocenters. The van der Waals surface area contributed by atoms with Crippen molar-refractivity contribution in [1.82, 2.24) is 0 Å². The van der Waals surface area contributed by atoms with Gasteiger partial charge in [0, 0.05) is 17.0 Å². The predicted octanol–water partition coefficient (Wildman–Crippen LogP) is 4.68. The Morgan fingerprint density at radius 2 is 1.94 bits per heavy atom. The van der Waals surface area contributed by atoms with Crippen molar-refractivity contribution in [1.29, 1.82) is 0 Å². The largest absolute Gasteiger partial charge is 0.454 e. The topological polar surface area (TPSA) is 35.2 Å². The second kappa shape index (κ2) is 5.63. The number of thioether (sulfide) groups is 1. The van der Waals surface area contributed by atoms with Crippen LogP contribution in [0.2, 0.25) is 0 Å². The summed E-state index contributed by atoms with van der Waals surface area (Å²) in [4.78, 5) is 0.998. The summed E-state index contributed by atoms with van der Waals surface area (Å²) < 4.78 is 19.3. The van der Waals surface area contributed by atoms with Gasteiger partial charge in [-0.3, -0.25) is 0 Å². The Morgan fingerprint density at radius 1 is 1.22 bits per heavy atom. The number of nitrogen functional groups attached to an aromatic ring is 1. The summed E-state index contributed by atoms with van der Waals surface area (Å²) in [5.74, 6) is 0.734. The van der Waals surface area contributed by atoms with Gasteiger partial charge in [-0.2, -0.15) is 0 Å². The lowest BCUT2D eigenvalue weighted by molar-refractivity contribution is 0.471. The molecule has 0 aromatic heterocycles. The Morgan fingerprint density at radius 3 is 2.67 bits per heavy atom. The molecule has 0 amide bonds. The summed E-state index contributed by atoms with van der Waals surface area (Å²) >= 11 is 4.69. The molecule has 0 aliphatic carbocycles. The molecule has 0 spiro atoms. The molecule has 0 bridgehead atoms. The average molecular weight is 328 g/mol. The third-order valence-corrected chi connectivity index (χ3v) is 3.73. The van der Waals surface area contributed by atoms with E-state index in [9.17, 15) is 4.39 Å². The minimum absolute atomic E-state index is 0.270. The lowest BCUT2D eigenvalue weighted by Crippen LogP contribution is -1.94. The first-order valence-electron chi connectivity index (χ1n) is 5.17. The molecule has 2 aromatic carbocycles. The molecule has 2 aromatic rings. The van der Waals surface area contributed by atoms with Crippen LogP contribution in [0, 0.1) is 5.82 Å². The number of hydrogen-bond acceptors (Lipinski definition) is 3. The first kappa shape index (κ1) is 13.2. The first-order chi connectivity index (χ1) is 8.61. The van der Waals surface area contributed by atoms with Crippen LogP contribution in [0.25, 0.3) is 0 Å². The third kappa shape index (κ3) is 2.79. The van der Waals surface area contributed by atoms with Crippen molar-refractivity contribution >= 4 is 33.4 Å². The molecule has 0 fully saturated rings. The molecular weight excluding hydrogens is 317 g/mol. The molecule has 0 saturated carbocycles. The van der Waals surface area contributed by atoms with Gasteiger partial charge in [0.2, 0.25) is 0 Å². The van der Waals surface area contributed by atoms with Gasteiger partial charge in [-0.1, -0.05) is 12.1 Å². The number of nitrogens with two attached hydrogens (primary N) is 1. The van der Waals surface area contributed by atoms with Gasteiger partial charge in [-0.25, -0.2) is 4.39 Å². The molecule has 5 heteroatoms. The Kier molecular flexibility index (Phi) is 4.14. The van der Waals surface area contributed by atoms with Gasteiger partial charge in [0.05, 0.1) is 10.2 Å². The van der Waals surface area contributed by atoms with Crippen molar-refractivity contribution in [3.63, 3.8) is 0 Å². The quantitative estimate of drug-likeness (QED) is 0.656. The van der Waals surface area contributed by atoms with Gasteiger partial charge in [-0.15, -0.1) is 11.8 Å². The molecule has 0 atom stereocenters. The molecule has 2 N–H and O–H groups in total. The zero-order valence-corrected chi connectivity index (χ0v) is 12.0. The van der Waals surface area contributed by atoms with Gasteiger partial charge >= 0.3 is 0 Å². The number of halogens is 2. The van der Waals surface area contributed by atoms with Crippen LogP contribution in [0.15, 0.2) is 45.8 Å². The van der Waals surface area contributed by atoms with Crippen molar-refractivity contribution in [2.75, 3.05) is 12.0 Å². The SMILES string of the molecule is CSc1ccccc1Oc1cc(Br)c(F)cc1N. The fourth-order valence-electron chi connectivity index (χ4n) is 1.45. The Balaban J connectivity index is 2.37. The average Bonchev–Trinajstić information content (AvgIpc) is 2.36. The molecule has 0 saturated heterocycles. The summed E-state index contributed by atoms with van der Waals surface area (Å²) in [5, 5.41) is 0. The van der Waals surface area contributed by atoms with E-state index < -0.39 is 5.82 Å². The van der Waals surface area contributed by atoms with Crippen LogP contribution >= 0.6 is 27.7 Å². The highest BCUT2D eigenvalue weighted by Gasteiger charge is 2.10. The second-order valence-electron chi connectivity index (χ2n) is 3.56. The van der Waals surface area contributed by atoms with Crippen LogP contribution in [0.4, 0.5) is 10.1 Å².